The van der Waals surface area contributed by atoms with Crippen LogP contribution in [-0.4, -0.2) is 46.4 Å². The van der Waals surface area contributed by atoms with Crippen LogP contribution in [0.25, 0.3) is 11.5 Å². The van der Waals surface area contributed by atoms with Crippen LogP contribution < -0.4 is 14.8 Å². The van der Waals surface area contributed by atoms with Crippen molar-refractivity contribution in [2.45, 2.75) is 30.2 Å². The molecular formula is C23H26N2O6S. The van der Waals surface area contributed by atoms with Gasteiger partial charge >= 0.3 is 0 Å². The Morgan fingerprint density at radius 1 is 1.09 bits per heavy atom. The molecule has 4 rings (SSSR count). The van der Waals surface area contributed by atoms with Crippen LogP contribution >= 0.6 is 0 Å². The van der Waals surface area contributed by atoms with Gasteiger partial charge in [-0.25, -0.2) is 8.42 Å². The number of hydrogen-bond donors (Lipinski definition) is 1. The molecule has 9 heteroatoms. The summed E-state index contributed by atoms with van der Waals surface area (Å²) in [6, 6.07) is 12.1. The molecule has 1 aliphatic rings. The molecule has 3 aromatic rings. The number of nitrogens with one attached hydrogen (secondary N) is 1. The third-order valence-electron chi connectivity index (χ3n) is 5.01. The number of aryl methyl sites for hydroxylation is 1. The van der Waals surface area contributed by atoms with Gasteiger partial charge in [0, 0.05) is 31.4 Å². The third kappa shape index (κ3) is 4.58. The number of aromatic nitrogens is 1. The van der Waals surface area contributed by atoms with Gasteiger partial charge in [-0.05, 0) is 44.0 Å². The quantitative estimate of drug-likeness (QED) is 0.479. The van der Waals surface area contributed by atoms with Crippen LogP contribution in [0.4, 0.5) is 5.88 Å². The fourth-order valence-electron chi connectivity index (χ4n) is 3.35. The van der Waals surface area contributed by atoms with E-state index in [-0.39, 0.29) is 21.7 Å². The number of hydrogen-bond acceptors (Lipinski definition) is 8. The van der Waals surface area contributed by atoms with Gasteiger partial charge in [0.2, 0.25) is 26.6 Å². The lowest BCUT2D eigenvalue weighted by molar-refractivity contribution is 0.147. The highest BCUT2D eigenvalue weighted by Crippen LogP contribution is 2.37. The second kappa shape index (κ2) is 9.62. The van der Waals surface area contributed by atoms with Crippen molar-refractivity contribution in [1.29, 1.82) is 0 Å². The summed E-state index contributed by atoms with van der Waals surface area (Å²) in [5.74, 6) is 1.26. The number of anilines is 1. The van der Waals surface area contributed by atoms with Gasteiger partial charge in [0.1, 0.15) is 13.2 Å². The monoisotopic (exact) mass is 458 g/mol. The molecule has 2 heterocycles. The number of oxazole rings is 1. The number of nitrogens with zero attached hydrogens (tertiary/aromatic N) is 1. The zero-order chi connectivity index (χ0) is 22.6. The summed E-state index contributed by atoms with van der Waals surface area (Å²) in [5.41, 5.74) is 1.66. The Bertz CT molecular complexity index is 1190. The topological polar surface area (TPSA) is 99.9 Å². The van der Waals surface area contributed by atoms with E-state index in [1.54, 1.807) is 6.07 Å². The first-order valence-corrected chi connectivity index (χ1v) is 12.0. The van der Waals surface area contributed by atoms with E-state index < -0.39 is 9.84 Å². The summed E-state index contributed by atoms with van der Waals surface area (Å²) in [4.78, 5) is 4.46. The molecule has 2 aromatic carbocycles. The van der Waals surface area contributed by atoms with Crippen molar-refractivity contribution in [3.05, 3.63) is 48.0 Å². The third-order valence-corrected chi connectivity index (χ3v) is 6.67. The van der Waals surface area contributed by atoms with Crippen molar-refractivity contribution in [1.82, 2.24) is 4.98 Å². The average molecular weight is 459 g/mol. The first kappa shape index (κ1) is 22.2. The number of rotatable bonds is 9. The van der Waals surface area contributed by atoms with Gasteiger partial charge in [-0.2, -0.15) is 4.98 Å². The summed E-state index contributed by atoms with van der Waals surface area (Å²) in [7, 11) is -3.98. The van der Waals surface area contributed by atoms with Gasteiger partial charge in [-0.3, -0.25) is 0 Å². The lowest BCUT2D eigenvalue weighted by Crippen LogP contribution is -2.16. The zero-order valence-corrected chi connectivity index (χ0v) is 18.9. The summed E-state index contributed by atoms with van der Waals surface area (Å²) < 4.78 is 49.4. The Morgan fingerprint density at radius 2 is 1.88 bits per heavy atom. The lowest BCUT2D eigenvalue weighted by Gasteiger charge is -2.18. The largest absolute Gasteiger partial charge is 0.486 e. The molecule has 32 heavy (non-hydrogen) atoms. The van der Waals surface area contributed by atoms with Crippen LogP contribution in [-0.2, 0) is 14.6 Å². The molecule has 0 bridgehead atoms. The second-order valence-electron chi connectivity index (χ2n) is 7.25. The Hall–Kier alpha value is -3.04. The molecule has 0 atom stereocenters. The van der Waals surface area contributed by atoms with E-state index in [4.69, 9.17) is 18.6 Å². The Morgan fingerprint density at radius 3 is 2.66 bits per heavy atom. The van der Waals surface area contributed by atoms with Gasteiger partial charge in [0.05, 0.1) is 4.90 Å². The minimum Gasteiger partial charge on any atom is -0.486 e. The number of fused-ring (bicyclic) bond motifs is 1. The Balaban J connectivity index is 1.71. The van der Waals surface area contributed by atoms with Crippen molar-refractivity contribution >= 4 is 15.7 Å². The van der Waals surface area contributed by atoms with Crippen molar-refractivity contribution in [2.75, 3.05) is 38.3 Å². The minimum absolute atomic E-state index is 0.0590. The number of benzene rings is 2. The Kier molecular flexibility index (Phi) is 6.66. The number of sulfone groups is 1. The maximum Gasteiger partial charge on any atom is 0.233 e. The molecule has 8 nitrogen and oxygen atoms in total. The Labute approximate surface area is 187 Å². The molecule has 170 valence electrons. The summed E-state index contributed by atoms with van der Waals surface area (Å²) in [6.45, 7) is 6.31. The minimum atomic E-state index is -3.98. The van der Waals surface area contributed by atoms with Crippen molar-refractivity contribution in [3.8, 4) is 23.0 Å². The summed E-state index contributed by atoms with van der Waals surface area (Å²) >= 11 is 0. The summed E-state index contributed by atoms with van der Waals surface area (Å²) in [5, 5.41) is 2.91. The van der Waals surface area contributed by atoms with Gasteiger partial charge in [0.25, 0.3) is 0 Å². The van der Waals surface area contributed by atoms with Crippen molar-refractivity contribution in [3.63, 3.8) is 0 Å². The fraction of sp³-hybridized carbons (Fsp3) is 0.348. The maximum atomic E-state index is 13.5. The molecule has 0 fully saturated rings. The molecule has 0 radical (unpaired) electrons. The molecule has 0 unspecified atom stereocenters. The van der Waals surface area contributed by atoms with Crippen LogP contribution in [0.3, 0.4) is 0 Å². The normalized spacial score (nSPS) is 13.2. The van der Waals surface area contributed by atoms with Gasteiger partial charge < -0.3 is 23.9 Å². The molecule has 0 spiro atoms. The van der Waals surface area contributed by atoms with Crippen LogP contribution in [0, 0.1) is 6.92 Å². The molecule has 0 aliphatic carbocycles. The lowest BCUT2D eigenvalue weighted by atomic mass is 10.1. The molecule has 0 saturated heterocycles. The first-order valence-electron chi connectivity index (χ1n) is 10.5. The predicted octanol–water partition coefficient (Wildman–Crippen LogP) is 4.09. The highest BCUT2D eigenvalue weighted by atomic mass is 32.2. The number of ether oxygens (including phenoxy) is 3. The standard InChI is InChI=1S/C23H26N2O6S/c1-3-28-12-6-11-24-22-23(25-21(31-22)18-8-5-4-7-16(18)2)32(26,27)17-9-10-19-20(15-17)30-14-13-29-19/h4-5,7-10,15,24H,3,6,11-14H2,1-2H3. The van der Waals surface area contributed by atoms with E-state index >= 15 is 0 Å². The van der Waals surface area contributed by atoms with E-state index in [2.05, 4.69) is 10.3 Å². The van der Waals surface area contributed by atoms with E-state index in [1.807, 2.05) is 38.1 Å². The van der Waals surface area contributed by atoms with E-state index in [0.29, 0.717) is 50.9 Å². The van der Waals surface area contributed by atoms with Crippen LogP contribution in [0.15, 0.2) is 56.8 Å². The first-order chi connectivity index (χ1) is 15.5. The molecular weight excluding hydrogens is 432 g/mol. The zero-order valence-electron chi connectivity index (χ0n) is 18.1. The van der Waals surface area contributed by atoms with Crippen LogP contribution in [0.1, 0.15) is 18.9 Å². The van der Waals surface area contributed by atoms with Gasteiger partial charge in [-0.15, -0.1) is 0 Å². The highest BCUT2D eigenvalue weighted by Gasteiger charge is 2.30. The van der Waals surface area contributed by atoms with E-state index in [1.165, 1.54) is 12.1 Å². The summed E-state index contributed by atoms with van der Waals surface area (Å²) in [6.07, 6.45) is 0.692. The van der Waals surface area contributed by atoms with Gasteiger partial charge in [-0.1, -0.05) is 18.2 Å². The molecule has 1 aliphatic heterocycles. The molecule has 0 amide bonds. The van der Waals surface area contributed by atoms with E-state index in [0.717, 1.165) is 11.1 Å². The molecule has 0 saturated carbocycles. The highest BCUT2D eigenvalue weighted by molar-refractivity contribution is 7.91. The maximum absolute atomic E-state index is 13.5. The average Bonchev–Trinajstić information content (AvgIpc) is 3.23. The van der Waals surface area contributed by atoms with Crippen LogP contribution in [0.5, 0.6) is 11.5 Å². The fourth-order valence-corrected chi connectivity index (χ4v) is 4.64. The smallest absolute Gasteiger partial charge is 0.233 e. The SMILES string of the molecule is CCOCCCNc1oc(-c2ccccc2C)nc1S(=O)(=O)c1ccc2c(c1)OCCO2. The predicted molar refractivity (Wildman–Crippen MR) is 119 cm³/mol. The van der Waals surface area contributed by atoms with Crippen molar-refractivity contribution < 1.29 is 27.0 Å². The van der Waals surface area contributed by atoms with Crippen LogP contribution in [0.2, 0.25) is 0 Å². The van der Waals surface area contributed by atoms with Gasteiger partial charge in [0.15, 0.2) is 11.5 Å². The molecule has 1 N–H and O–H groups in total. The molecule has 1 aromatic heterocycles. The van der Waals surface area contributed by atoms with Crippen molar-refractivity contribution in [2.24, 2.45) is 0 Å². The second-order valence-corrected chi connectivity index (χ2v) is 9.12. The van der Waals surface area contributed by atoms with E-state index in [9.17, 15) is 8.42 Å².